The molecule has 0 aliphatic rings. The van der Waals surface area contributed by atoms with Gasteiger partial charge in [-0.3, -0.25) is 0 Å². The Kier molecular flexibility index (Phi) is 6.48. The Morgan fingerprint density at radius 3 is 2.45 bits per heavy atom. The van der Waals surface area contributed by atoms with Crippen LogP contribution in [0.5, 0.6) is 0 Å². The quantitative estimate of drug-likeness (QED) is 0.849. The first kappa shape index (κ1) is 18.6. The van der Waals surface area contributed by atoms with Gasteiger partial charge in [0.2, 0.25) is 0 Å². The van der Waals surface area contributed by atoms with Gasteiger partial charge in [-0.05, 0) is 52.7 Å². The van der Waals surface area contributed by atoms with Gasteiger partial charge in [0.25, 0.3) is 0 Å². The predicted molar refractivity (Wildman–Crippen MR) is 90.0 cm³/mol. The fourth-order valence-corrected chi connectivity index (χ4v) is 2.27. The molecule has 0 aliphatic carbocycles. The number of carbonyl (C=O) groups excluding carboxylic acids is 1. The van der Waals surface area contributed by atoms with Crippen molar-refractivity contribution in [3.05, 3.63) is 23.0 Å². The summed E-state index contributed by atoms with van der Waals surface area (Å²) < 4.78 is 7.48. The summed E-state index contributed by atoms with van der Waals surface area (Å²) in [7, 11) is 2.08. The monoisotopic (exact) mass is 309 g/mol. The zero-order valence-corrected chi connectivity index (χ0v) is 15.0. The Hall–Kier alpha value is -1.49. The zero-order chi connectivity index (χ0) is 16.9. The van der Waals surface area contributed by atoms with Crippen LogP contribution in [0.3, 0.4) is 0 Å². The van der Waals surface area contributed by atoms with E-state index in [1.54, 1.807) is 0 Å². The van der Waals surface area contributed by atoms with Crippen LogP contribution in [0.15, 0.2) is 6.07 Å². The molecule has 1 heterocycles. The number of rotatable bonds is 6. The highest BCUT2D eigenvalue weighted by Gasteiger charge is 2.18. The lowest BCUT2D eigenvalue weighted by molar-refractivity contribution is 0.0502. The first-order valence-corrected chi connectivity index (χ1v) is 7.96. The van der Waals surface area contributed by atoms with Crippen LogP contribution in [0.4, 0.5) is 4.79 Å². The molecule has 5 nitrogen and oxygen atoms in total. The van der Waals surface area contributed by atoms with Gasteiger partial charge >= 0.3 is 6.09 Å². The van der Waals surface area contributed by atoms with Gasteiger partial charge < -0.3 is 19.9 Å². The van der Waals surface area contributed by atoms with Crippen molar-refractivity contribution in [3.63, 3.8) is 0 Å². The molecular weight excluding hydrogens is 278 g/mol. The summed E-state index contributed by atoms with van der Waals surface area (Å²) in [4.78, 5) is 11.8. The predicted octanol–water partition coefficient (Wildman–Crippen LogP) is 3.03. The lowest BCUT2D eigenvalue weighted by Crippen LogP contribution is -2.43. The average Bonchev–Trinajstić information content (AvgIpc) is 2.63. The van der Waals surface area contributed by atoms with Gasteiger partial charge in [-0.25, -0.2) is 4.79 Å². The largest absolute Gasteiger partial charge is 0.444 e. The standard InChI is InChI=1S/C17H31N3O2/c1-8-15(19-16(21)22-17(4,5)6)11-18-10-14-9-12(2)20(7)13(14)3/h9,15,18H,8,10-11H2,1-7H3,(H,19,21). The molecule has 0 saturated carbocycles. The van der Waals surface area contributed by atoms with Gasteiger partial charge in [-0.2, -0.15) is 0 Å². The summed E-state index contributed by atoms with van der Waals surface area (Å²) in [6.07, 6.45) is 0.506. The van der Waals surface area contributed by atoms with Crippen molar-refractivity contribution >= 4 is 6.09 Å². The molecule has 0 bridgehead atoms. The van der Waals surface area contributed by atoms with E-state index in [1.165, 1.54) is 17.0 Å². The molecule has 1 rings (SSSR count). The molecule has 22 heavy (non-hydrogen) atoms. The molecule has 0 aliphatic heterocycles. The summed E-state index contributed by atoms with van der Waals surface area (Å²) in [5.74, 6) is 0. The summed E-state index contributed by atoms with van der Waals surface area (Å²) in [6.45, 7) is 13.4. The van der Waals surface area contributed by atoms with E-state index >= 15 is 0 Å². The first-order valence-electron chi connectivity index (χ1n) is 7.96. The van der Waals surface area contributed by atoms with Crippen molar-refractivity contribution < 1.29 is 9.53 Å². The van der Waals surface area contributed by atoms with E-state index in [4.69, 9.17) is 4.74 Å². The minimum absolute atomic E-state index is 0.0694. The van der Waals surface area contributed by atoms with E-state index in [2.05, 4.69) is 49.1 Å². The van der Waals surface area contributed by atoms with E-state index in [1.807, 2.05) is 20.8 Å². The van der Waals surface area contributed by atoms with E-state index in [-0.39, 0.29) is 12.1 Å². The van der Waals surface area contributed by atoms with Crippen LogP contribution in [0, 0.1) is 13.8 Å². The van der Waals surface area contributed by atoms with Crippen molar-refractivity contribution in [2.24, 2.45) is 7.05 Å². The van der Waals surface area contributed by atoms with Crippen LogP contribution in [-0.4, -0.2) is 28.8 Å². The Morgan fingerprint density at radius 2 is 2.00 bits per heavy atom. The number of hydrogen-bond donors (Lipinski definition) is 2. The highest BCUT2D eigenvalue weighted by molar-refractivity contribution is 5.68. The molecule has 5 heteroatoms. The number of aromatic nitrogens is 1. The SMILES string of the molecule is CCC(CNCc1cc(C)n(C)c1C)NC(=O)OC(C)(C)C. The van der Waals surface area contributed by atoms with Crippen molar-refractivity contribution in [2.75, 3.05) is 6.54 Å². The molecule has 1 atom stereocenters. The number of ether oxygens (including phenoxy) is 1. The zero-order valence-electron chi connectivity index (χ0n) is 15.0. The van der Waals surface area contributed by atoms with Crippen LogP contribution in [0.25, 0.3) is 0 Å². The third-order valence-electron chi connectivity index (χ3n) is 3.80. The van der Waals surface area contributed by atoms with Gasteiger partial charge in [0.15, 0.2) is 0 Å². The minimum Gasteiger partial charge on any atom is -0.444 e. The number of amides is 1. The van der Waals surface area contributed by atoms with Crippen molar-refractivity contribution in [3.8, 4) is 0 Å². The molecule has 1 aromatic heterocycles. The normalized spacial score (nSPS) is 13.0. The van der Waals surface area contributed by atoms with Crippen molar-refractivity contribution in [1.82, 2.24) is 15.2 Å². The second kappa shape index (κ2) is 7.68. The minimum atomic E-state index is -0.464. The van der Waals surface area contributed by atoms with Crippen molar-refractivity contribution in [1.29, 1.82) is 0 Å². The van der Waals surface area contributed by atoms with Crippen LogP contribution >= 0.6 is 0 Å². The fourth-order valence-electron chi connectivity index (χ4n) is 2.27. The number of aryl methyl sites for hydroxylation is 1. The Bertz CT molecular complexity index is 501. The number of carbonyl (C=O) groups is 1. The number of alkyl carbamates (subject to hydrolysis) is 1. The molecule has 0 radical (unpaired) electrons. The molecule has 0 aromatic carbocycles. The smallest absolute Gasteiger partial charge is 0.407 e. The van der Waals surface area contributed by atoms with Gasteiger partial charge in [0, 0.05) is 37.6 Å². The van der Waals surface area contributed by atoms with Crippen LogP contribution in [0.2, 0.25) is 0 Å². The number of hydrogen-bond acceptors (Lipinski definition) is 3. The molecule has 126 valence electrons. The van der Waals surface area contributed by atoms with E-state index in [0.29, 0.717) is 0 Å². The molecule has 0 fully saturated rings. The highest BCUT2D eigenvalue weighted by Crippen LogP contribution is 2.12. The summed E-state index contributed by atoms with van der Waals surface area (Å²) in [5, 5.41) is 6.33. The molecule has 2 N–H and O–H groups in total. The maximum atomic E-state index is 11.8. The molecule has 1 aromatic rings. The van der Waals surface area contributed by atoms with Gasteiger partial charge in [-0.15, -0.1) is 0 Å². The van der Waals surface area contributed by atoms with Crippen LogP contribution < -0.4 is 10.6 Å². The van der Waals surface area contributed by atoms with E-state index in [0.717, 1.165) is 19.5 Å². The molecule has 0 saturated heterocycles. The van der Waals surface area contributed by atoms with Gasteiger partial charge in [0.1, 0.15) is 5.60 Å². The second-order valence-electron chi connectivity index (χ2n) is 6.84. The number of nitrogens with one attached hydrogen (secondary N) is 2. The lowest BCUT2D eigenvalue weighted by Gasteiger charge is -2.23. The number of nitrogens with zero attached hydrogens (tertiary/aromatic N) is 1. The summed E-state index contributed by atoms with van der Waals surface area (Å²) in [6, 6.07) is 2.27. The average molecular weight is 309 g/mol. The molecule has 1 amide bonds. The third kappa shape index (κ3) is 5.72. The third-order valence-corrected chi connectivity index (χ3v) is 3.80. The van der Waals surface area contributed by atoms with E-state index in [9.17, 15) is 4.79 Å². The maximum absolute atomic E-state index is 11.8. The maximum Gasteiger partial charge on any atom is 0.407 e. The first-order chi connectivity index (χ1) is 10.1. The van der Waals surface area contributed by atoms with Gasteiger partial charge in [0.05, 0.1) is 0 Å². The molecule has 1 unspecified atom stereocenters. The second-order valence-corrected chi connectivity index (χ2v) is 6.84. The topological polar surface area (TPSA) is 55.3 Å². The Balaban J connectivity index is 2.44. The summed E-state index contributed by atoms with van der Waals surface area (Å²) >= 11 is 0. The van der Waals surface area contributed by atoms with Crippen molar-refractivity contribution in [2.45, 2.75) is 66.2 Å². The van der Waals surface area contributed by atoms with Crippen LogP contribution in [0.1, 0.15) is 51.1 Å². The highest BCUT2D eigenvalue weighted by atomic mass is 16.6. The lowest BCUT2D eigenvalue weighted by atomic mass is 10.2. The fraction of sp³-hybridized carbons (Fsp3) is 0.706. The Morgan fingerprint density at radius 1 is 1.36 bits per heavy atom. The van der Waals surface area contributed by atoms with Gasteiger partial charge in [-0.1, -0.05) is 6.92 Å². The Labute approximate surface area is 134 Å². The van der Waals surface area contributed by atoms with Crippen LogP contribution in [-0.2, 0) is 18.3 Å². The molecular formula is C17H31N3O2. The van der Waals surface area contributed by atoms with E-state index < -0.39 is 5.60 Å². The molecule has 0 spiro atoms. The summed E-state index contributed by atoms with van der Waals surface area (Å²) in [5.41, 5.74) is 3.37.